The first kappa shape index (κ1) is 30.9. The van der Waals surface area contributed by atoms with Crippen LogP contribution in [0.2, 0.25) is 0 Å². The minimum atomic E-state index is -3.81. The number of hydrogen-bond donors (Lipinski definition) is 1. The van der Waals surface area contributed by atoms with Gasteiger partial charge in [-0.3, -0.25) is 13.9 Å². The summed E-state index contributed by atoms with van der Waals surface area (Å²) in [5.74, 6) is -0.747. The molecular formula is C32H41N3O4S. The van der Waals surface area contributed by atoms with Gasteiger partial charge in [0, 0.05) is 18.5 Å². The van der Waals surface area contributed by atoms with Crippen molar-refractivity contribution in [3.05, 3.63) is 101 Å². The van der Waals surface area contributed by atoms with Gasteiger partial charge in [0.1, 0.15) is 12.6 Å². The third-order valence-electron chi connectivity index (χ3n) is 6.69. The molecule has 2 amide bonds. The third-order valence-corrected chi connectivity index (χ3v) is 7.82. The molecule has 7 nitrogen and oxygen atoms in total. The fourth-order valence-corrected chi connectivity index (χ4v) is 5.51. The summed E-state index contributed by atoms with van der Waals surface area (Å²) < 4.78 is 27.2. The van der Waals surface area contributed by atoms with Gasteiger partial charge < -0.3 is 10.2 Å². The lowest BCUT2D eigenvalue weighted by atomic mass is 10.00. The highest BCUT2D eigenvalue weighted by Gasteiger charge is 2.34. The van der Waals surface area contributed by atoms with Gasteiger partial charge in [-0.15, -0.1) is 0 Å². The van der Waals surface area contributed by atoms with Crippen LogP contribution < -0.4 is 9.62 Å². The molecule has 0 aliphatic heterocycles. The molecule has 0 spiro atoms. The molecule has 0 aliphatic carbocycles. The van der Waals surface area contributed by atoms with E-state index in [4.69, 9.17) is 0 Å². The number of anilines is 1. The van der Waals surface area contributed by atoms with Crippen molar-refractivity contribution >= 4 is 27.5 Å². The highest BCUT2D eigenvalue weighted by molar-refractivity contribution is 7.92. The van der Waals surface area contributed by atoms with Gasteiger partial charge in [-0.1, -0.05) is 79.7 Å². The quantitative estimate of drug-likeness (QED) is 0.360. The Morgan fingerprint density at radius 3 is 2.02 bits per heavy atom. The third kappa shape index (κ3) is 8.42. The summed E-state index contributed by atoms with van der Waals surface area (Å²) in [6, 6.07) is 23.6. The fraction of sp³-hybridized carbons (Fsp3) is 0.375. The van der Waals surface area contributed by atoms with Gasteiger partial charge >= 0.3 is 0 Å². The van der Waals surface area contributed by atoms with E-state index in [-0.39, 0.29) is 18.9 Å². The number of sulfonamides is 1. The average Bonchev–Trinajstić information content (AvgIpc) is 2.89. The molecule has 8 heteroatoms. The Balaban J connectivity index is 2.11. The number of nitrogens with zero attached hydrogens (tertiary/aromatic N) is 2. The number of nitrogens with one attached hydrogen (secondary N) is 1. The summed E-state index contributed by atoms with van der Waals surface area (Å²) in [4.78, 5) is 29.6. The van der Waals surface area contributed by atoms with E-state index < -0.39 is 34.1 Å². The van der Waals surface area contributed by atoms with Crippen molar-refractivity contribution in [3.8, 4) is 0 Å². The summed E-state index contributed by atoms with van der Waals surface area (Å²) >= 11 is 0. The van der Waals surface area contributed by atoms with Gasteiger partial charge in [0.2, 0.25) is 21.8 Å². The normalized spacial score (nSPS) is 12.4. The van der Waals surface area contributed by atoms with Crippen LogP contribution in [0.5, 0.6) is 0 Å². The zero-order valence-electron chi connectivity index (χ0n) is 24.3. The number of carbonyl (C=O) groups is 2. The Morgan fingerprint density at radius 2 is 1.45 bits per heavy atom. The lowest BCUT2D eigenvalue weighted by Crippen LogP contribution is -2.56. The van der Waals surface area contributed by atoms with Crippen LogP contribution in [0.15, 0.2) is 78.9 Å². The van der Waals surface area contributed by atoms with Crippen LogP contribution in [0.3, 0.4) is 0 Å². The Kier molecular flexibility index (Phi) is 10.1. The van der Waals surface area contributed by atoms with Gasteiger partial charge in [0.05, 0.1) is 11.9 Å². The van der Waals surface area contributed by atoms with Crippen molar-refractivity contribution in [1.82, 2.24) is 10.2 Å². The number of rotatable bonds is 11. The highest BCUT2D eigenvalue weighted by Crippen LogP contribution is 2.25. The zero-order valence-corrected chi connectivity index (χ0v) is 25.2. The maximum absolute atomic E-state index is 14.2. The van der Waals surface area contributed by atoms with Crippen LogP contribution in [-0.4, -0.2) is 49.5 Å². The Labute approximate surface area is 239 Å². The molecule has 3 aromatic rings. The minimum Gasteiger partial charge on any atom is -0.350 e. The largest absolute Gasteiger partial charge is 0.350 e. The van der Waals surface area contributed by atoms with Crippen molar-refractivity contribution in [2.45, 2.75) is 65.6 Å². The summed E-state index contributed by atoms with van der Waals surface area (Å²) in [7, 11) is -3.81. The molecule has 0 saturated heterocycles. The molecule has 0 aliphatic rings. The molecule has 0 unspecified atom stereocenters. The molecule has 0 heterocycles. The first-order valence-electron chi connectivity index (χ1n) is 13.6. The predicted molar refractivity (Wildman–Crippen MR) is 162 cm³/mol. The van der Waals surface area contributed by atoms with Crippen molar-refractivity contribution < 1.29 is 18.0 Å². The molecule has 0 aromatic heterocycles. The van der Waals surface area contributed by atoms with Crippen LogP contribution >= 0.6 is 0 Å². The molecule has 1 N–H and O–H groups in total. The molecule has 0 saturated carbocycles. The van der Waals surface area contributed by atoms with Crippen LogP contribution in [0, 0.1) is 6.92 Å². The number of amides is 2. The number of hydrogen-bond acceptors (Lipinski definition) is 4. The van der Waals surface area contributed by atoms with E-state index in [0.29, 0.717) is 12.1 Å². The summed E-state index contributed by atoms with van der Waals surface area (Å²) in [6.07, 6.45) is 1.99. The monoisotopic (exact) mass is 563 g/mol. The van der Waals surface area contributed by atoms with E-state index in [0.717, 1.165) is 32.8 Å². The summed E-state index contributed by atoms with van der Waals surface area (Å²) in [5.41, 5.74) is 3.52. The standard InChI is InChI=1S/C32H41N3O4S/c1-7-26-18-13-14-20-28(26)35(40(6,38)39)23-30(36)34(22-27-19-12-11-15-24(27)2)29(31(37)33-32(3,4)5)21-25-16-9-8-10-17-25/h8-20,29H,7,21-23H2,1-6H3,(H,33,37)/t29-/m0/s1. The highest BCUT2D eigenvalue weighted by atomic mass is 32.2. The van der Waals surface area contributed by atoms with Crippen molar-refractivity contribution in [2.75, 3.05) is 17.1 Å². The summed E-state index contributed by atoms with van der Waals surface area (Å²) in [6.45, 7) is 9.32. The van der Waals surface area contributed by atoms with E-state index in [1.54, 1.807) is 12.1 Å². The van der Waals surface area contributed by atoms with Crippen LogP contribution in [0.1, 0.15) is 49.9 Å². The molecule has 3 rings (SSSR count). The minimum absolute atomic E-state index is 0.160. The number of para-hydroxylation sites is 1. The van der Waals surface area contributed by atoms with E-state index in [1.165, 1.54) is 4.90 Å². The molecule has 3 aromatic carbocycles. The lowest BCUT2D eigenvalue weighted by molar-refractivity contribution is -0.140. The molecule has 0 bridgehead atoms. The maximum Gasteiger partial charge on any atom is 0.244 e. The van der Waals surface area contributed by atoms with Gasteiger partial charge in [-0.05, 0) is 62.4 Å². The van der Waals surface area contributed by atoms with Crippen molar-refractivity contribution in [1.29, 1.82) is 0 Å². The summed E-state index contributed by atoms with van der Waals surface area (Å²) in [5, 5.41) is 3.04. The second-order valence-electron chi connectivity index (χ2n) is 11.1. The van der Waals surface area contributed by atoms with E-state index in [2.05, 4.69) is 5.32 Å². The van der Waals surface area contributed by atoms with Crippen molar-refractivity contribution in [2.24, 2.45) is 0 Å². The fourth-order valence-electron chi connectivity index (χ4n) is 4.63. The zero-order chi connectivity index (χ0) is 29.5. The number of aryl methyl sites for hydroxylation is 2. The van der Waals surface area contributed by atoms with Gasteiger partial charge in [-0.2, -0.15) is 0 Å². The molecule has 214 valence electrons. The maximum atomic E-state index is 14.2. The number of benzene rings is 3. The van der Waals surface area contributed by atoms with E-state index in [1.807, 2.05) is 101 Å². The SMILES string of the molecule is CCc1ccccc1N(CC(=O)N(Cc1ccccc1C)[C@@H](Cc1ccccc1)C(=O)NC(C)(C)C)S(C)(=O)=O. The smallest absolute Gasteiger partial charge is 0.244 e. The second kappa shape index (κ2) is 13.1. The molecule has 0 fully saturated rings. The molecule has 1 atom stereocenters. The Morgan fingerprint density at radius 1 is 0.875 bits per heavy atom. The van der Waals surface area contributed by atoms with Gasteiger partial charge in [0.15, 0.2) is 0 Å². The first-order chi connectivity index (χ1) is 18.8. The Hall–Kier alpha value is -3.65. The number of carbonyl (C=O) groups excluding carboxylic acids is 2. The van der Waals surface area contributed by atoms with Crippen molar-refractivity contribution in [3.63, 3.8) is 0 Å². The second-order valence-corrected chi connectivity index (χ2v) is 13.1. The van der Waals surface area contributed by atoms with Gasteiger partial charge in [0.25, 0.3) is 0 Å². The first-order valence-corrected chi connectivity index (χ1v) is 15.4. The van der Waals surface area contributed by atoms with Crippen LogP contribution in [0.25, 0.3) is 0 Å². The molecular weight excluding hydrogens is 522 g/mol. The van der Waals surface area contributed by atoms with Gasteiger partial charge in [-0.25, -0.2) is 8.42 Å². The lowest BCUT2D eigenvalue weighted by Gasteiger charge is -2.35. The van der Waals surface area contributed by atoms with E-state index >= 15 is 0 Å². The Bertz CT molecular complexity index is 1420. The molecule has 40 heavy (non-hydrogen) atoms. The van der Waals surface area contributed by atoms with E-state index in [9.17, 15) is 18.0 Å². The predicted octanol–water partition coefficient (Wildman–Crippen LogP) is 4.88. The average molecular weight is 564 g/mol. The topological polar surface area (TPSA) is 86.8 Å². The molecule has 0 radical (unpaired) electrons. The van der Waals surface area contributed by atoms with Crippen LogP contribution in [0.4, 0.5) is 5.69 Å². The van der Waals surface area contributed by atoms with Crippen LogP contribution in [-0.2, 0) is 39.0 Å².